The second kappa shape index (κ2) is 4.09. The molecule has 1 aliphatic carbocycles. The third-order valence-electron chi connectivity index (χ3n) is 2.17. The van der Waals surface area contributed by atoms with E-state index < -0.39 is 0 Å². The molecule has 3 nitrogen and oxygen atoms in total. The fourth-order valence-corrected chi connectivity index (χ4v) is 1.23. The van der Waals surface area contributed by atoms with Crippen molar-refractivity contribution in [3.05, 3.63) is 0 Å². The largest absolute Gasteiger partial charge is 0.387 e. The van der Waals surface area contributed by atoms with Crippen molar-refractivity contribution in [2.45, 2.75) is 39.2 Å². The Balaban J connectivity index is 2.33. The van der Waals surface area contributed by atoms with Crippen LogP contribution in [0.1, 0.15) is 33.6 Å². The molecule has 1 rings (SSSR count). The van der Waals surface area contributed by atoms with Gasteiger partial charge in [0.15, 0.2) is 0 Å². The van der Waals surface area contributed by atoms with Crippen LogP contribution in [-0.4, -0.2) is 24.6 Å². The van der Waals surface area contributed by atoms with Crippen LogP contribution in [0.4, 0.5) is 0 Å². The Morgan fingerprint density at radius 1 is 1.54 bits per heavy atom. The number of rotatable bonds is 5. The lowest BCUT2D eigenvalue weighted by atomic mass is 10.1. The van der Waals surface area contributed by atoms with Crippen LogP contribution < -0.4 is 5.73 Å². The molecule has 0 atom stereocenters. The van der Waals surface area contributed by atoms with Gasteiger partial charge < -0.3 is 10.5 Å². The molecule has 1 aliphatic rings. The molecule has 1 saturated carbocycles. The Kier molecular flexibility index (Phi) is 3.31. The molecule has 0 aliphatic heterocycles. The molecule has 0 bridgehead atoms. The normalized spacial score (nSPS) is 19.2. The summed E-state index contributed by atoms with van der Waals surface area (Å²) in [5, 5.41) is 0. The van der Waals surface area contributed by atoms with E-state index in [0.29, 0.717) is 12.5 Å². The van der Waals surface area contributed by atoms with Gasteiger partial charge in [-0.25, -0.2) is 0 Å². The lowest BCUT2D eigenvalue weighted by Gasteiger charge is -2.22. The number of hydrogen-bond donors (Lipinski definition) is 1. The van der Waals surface area contributed by atoms with Gasteiger partial charge in [-0.15, -0.1) is 0 Å². The van der Waals surface area contributed by atoms with Gasteiger partial charge in [-0.2, -0.15) is 0 Å². The Bertz CT molecular complexity index is 195. The zero-order chi connectivity index (χ0) is 9.90. The fourth-order valence-electron chi connectivity index (χ4n) is 1.23. The number of hydrogen-bond acceptors (Lipinski definition) is 2. The number of aliphatic imine (C=N–C) groups is 1. The van der Waals surface area contributed by atoms with Crippen LogP contribution in [0.15, 0.2) is 4.99 Å². The molecule has 0 amide bonds. The number of nitrogens with zero attached hydrogens (tertiary/aromatic N) is 1. The highest BCUT2D eigenvalue weighted by Gasteiger charge is 2.26. The lowest BCUT2D eigenvalue weighted by Crippen LogP contribution is -2.30. The first kappa shape index (κ1) is 10.5. The zero-order valence-corrected chi connectivity index (χ0v) is 8.84. The molecule has 2 N–H and O–H groups in total. The summed E-state index contributed by atoms with van der Waals surface area (Å²) in [4.78, 5) is 4.35. The highest BCUT2D eigenvalue weighted by Crippen LogP contribution is 2.29. The maximum absolute atomic E-state index is 5.78. The standard InChI is InChI=1S/C10H20N2O/c1-4-13-10(2,3)7-12-9(11)8-5-6-8/h8H,4-7H2,1-3H3,(H2,11,12). The molecule has 0 saturated heterocycles. The van der Waals surface area contributed by atoms with E-state index in [1.54, 1.807) is 0 Å². The summed E-state index contributed by atoms with van der Waals surface area (Å²) < 4.78 is 5.52. The summed E-state index contributed by atoms with van der Waals surface area (Å²) in [6.07, 6.45) is 2.43. The van der Waals surface area contributed by atoms with Crippen LogP contribution in [0, 0.1) is 5.92 Å². The molecule has 13 heavy (non-hydrogen) atoms. The van der Waals surface area contributed by atoms with Crippen molar-refractivity contribution < 1.29 is 4.74 Å². The molecular weight excluding hydrogens is 164 g/mol. The summed E-state index contributed by atoms with van der Waals surface area (Å²) in [5.41, 5.74) is 5.60. The monoisotopic (exact) mass is 184 g/mol. The van der Waals surface area contributed by atoms with Gasteiger partial charge in [-0.05, 0) is 33.6 Å². The molecule has 0 aromatic heterocycles. The average Bonchev–Trinajstić information content (AvgIpc) is 2.82. The van der Waals surface area contributed by atoms with E-state index in [-0.39, 0.29) is 5.60 Å². The summed E-state index contributed by atoms with van der Waals surface area (Å²) in [6, 6.07) is 0. The molecule has 0 radical (unpaired) electrons. The molecule has 1 fully saturated rings. The van der Waals surface area contributed by atoms with Crippen LogP contribution in [0.25, 0.3) is 0 Å². The van der Waals surface area contributed by atoms with E-state index in [4.69, 9.17) is 10.5 Å². The van der Waals surface area contributed by atoms with E-state index in [1.165, 1.54) is 12.8 Å². The van der Waals surface area contributed by atoms with Crippen LogP contribution >= 0.6 is 0 Å². The van der Waals surface area contributed by atoms with Crippen molar-refractivity contribution in [3.8, 4) is 0 Å². The zero-order valence-electron chi connectivity index (χ0n) is 8.84. The van der Waals surface area contributed by atoms with E-state index in [1.807, 2.05) is 20.8 Å². The number of ether oxygens (including phenoxy) is 1. The summed E-state index contributed by atoms with van der Waals surface area (Å²) in [7, 11) is 0. The van der Waals surface area contributed by atoms with Crippen molar-refractivity contribution in [2.24, 2.45) is 16.6 Å². The highest BCUT2D eigenvalue weighted by molar-refractivity contribution is 5.84. The second-order valence-corrected chi connectivity index (χ2v) is 4.21. The topological polar surface area (TPSA) is 47.6 Å². The maximum atomic E-state index is 5.78. The van der Waals surface area contributed by atoms with Gasteiger partial charge >= 0.3 is 0 Å². The fraction of sp³-hybridized carbons (Fsp3) is 0.900. The van der Waals surface area contributed by atoms with E-state index in [9.17, 15) is 0 Å². The van der Waals surface area contributed by atoms with Gasteiger partial charge in [-0.3, -0.25) is 4.99 Å². The van der Waals surface area contributed by atoms with Crippen LogP contribution in [0.3, 0.4) is 0 Å². The van der Waals surface area contributed by atoms with E-state index in [2.05, 4.69) is 4.99 Å². The first-order valence-corrected chi connectivity index (χ1v) is 4.99. The predicted octanol–water partition coefficient (Wildman–Crippen LogP) is 1.57. The highest BCUT2D eigenvalue weighted by atomic mass is 16.5. The van der Waals surface area contributed by atoms with Gasteiger partial charge in [0.05, 0.1) is 18.0 Å². The second-order valence-electron chi connectivity index (χ2n) is 4.21. The quantitative estimate of drug-likeness (QED) is 0.521. The number of amidine groups is 1. The molecular formula is C10H20N2O. The van der Waals surface area contributed by atoms with Gasteiger partial charge in [-0.1, -0.05) is 0 Å². The minimum absolute atomic E-state index is 0.172. The molecule has 0 spiro atoms. The SMILES string of the molecule is CCOC(C)(C)CN=C(N)C1CC1. The Morgan fingerprint density at radius 2 is 2.15 bits per heavy atom. The van der Waals surface area contributed by atoms with Gasteiger partial charge in [0.2, 0.25) is 0 Å². The third-order valence-corrected chi connectivity index (χ3v) is 2.17. The van der Waals surface area contributed by atoms with E-state index in [0.717, 1.165) is 12.4 Å². The van der Waals surface area contributed by atoms with Crippen molar-refractivity contribution in [1.29, 1.82) is 0 Å². The summed E-state index contributed by atoms with van der Waals surface area (Å²) in [5.74, 6) is 1.38. The minimum atomic E-state index is -0.172. The Morgan fingerprint density at radius 3 is 2.62 bits per heavy atom. The molecule has 0 aromatic carbocycles. The van der Waals surface area contributed by atoms with Crippen LogP contribution in [0.5, 0.6) is 0 Å². The maximum Gasteiger partial charge on any atom is 0.0969 e. The predicted molar refractivity (Wildman–Crippen MR) is 54.9 cm³/mol. The molecule has 76 valence electrons. The molecule has 0 heterocycles. The third kappa shape index (κ3) is 3.77. The van der Waals surface area contributed by atoms with E-state index >= 15 is 0 Å². The molecule has 0 aromatic rings. The minimum Gasteiger partial charge on any atom is -0.387 e. The molecule has 0 unspecified atom stereocenters. The van der Waals surface area contributed by atoms with Gasteiger partial charge in [0.1, 0.15) is 0 Å². The first-order chi connectivity index (χ1) is 6.05. The average molecular weight is 184 g/mol. The lowest BCUT2D eigenvalue weighted by molar-refractivity contribution is -0.00214. The van der Waals surface area contributed by atoms with Crippen molar-refractivity contribution in [1.82, 2.24) is 0 Å². The van der Waals surface area contributed by atoms with Crippen LogP contribution in [-0.2, 0) is 4.74 Å². The van der Waals surface area contributed by atoms with Crippen molar-refractivity contribution in [2.75, 3.05) is 13.2 Å². The Labute approximate surface area is 80.4 Å². The van der Waals surface area contributed by atoms with Gasteiger partial charge in [0, 0.05) is 12.5 Å². The van der Waals surface area contributed by atoms with Gasteiger partial charge in [0.25, 0.3) is 0 Å². The summed E-state index contributed by atoms with van der Waals surface area (Å²) in [6.45, 7) is 7.48. The van der Waals surface area contributed by atoms with Crippen molar-refractivity contribution >= 4 is 5.84 Å². The smallest absolute Gasteiger partial charge is 0.0969 e. The Hall–Kier alpha value is -0.570. The first-order valence-electron chi connectivity index (χ1n) is 4.99. The van der Waals surface area contributed by atoms with Crippen molar-refractivity contribution in [3.63, 3.8) is 0 Å². The number of nitrogens with two attached hydrogens (primary N) is 1. The molecule has 3 heteroatoms. The van der Waals surface area contributed by atoms with Crippen LogP contribution in [0.2, 0.25) is 0 Å². The summed E-state index contributed by atoms with van der Waals surface area (Å²) >= 11 is 0.